The van der Waals surface area contributed by atoms with Gasteiger partial charge in [0.2, 0.25) is 0 Å². The monoisotopic (exact) mass is 168 g/mol. The Morgan fingerprint density at radius 3 is 3.08 bits per heavy atom. The SMILES string of the molecule is C=CC1=C(NC)NCC(CN)N1. The maximum absolute atomic E-state index is 5.53. The zero-order valence-electron chi connectivity index (χ0n) is 7.35. The maximum Gasteiger partial charge on any atom is 0.122 e. The highest BCUT2D eigenvalue weighted by Crippen LogP contribution is 2.02. The van der Waals surface area contributed by atoms with Crippen molar-refractivity contribution in [2.24, 2.45) is 5.73 Å². The summed E-state index contributed by atoms with van der Waals surface area (Å²) in [5, 5.41) is 9.53. The van der Waals surface area contributed by atoms with Gasteiger partial charge in [-0.25, -0.2) is 0 Å². The molecule has 12 heavy (non-hydrogen) atoms. The molecule has 0 aromatic carbocycles. The second-order valence-corrected chi connectivity index (χ2v) is 2.70. The Balaban J connectivity index is 2.69. The number of hydrogen-bond donors (Lipinski definition) is 4. The van der Waals surface area contributed by atoms with Gasteiger partial charge in [0.15, 0.2) is 0 Å². The van der Waals surface area contributed by atoms with Gasteiger partial charge in [-0.2, -0.15) is 0 Å². The summed E-state index contributed by atoms with van der Waals surface area (Å²) < 4.78 is 0. The van der Waals surface area contributed by atoms with Gasteiger partial charge >= 0.3 is 0 Å². The molecule has 4 nitrogen and oxygen atoms in total. The number of nitrogens with one attached hydrogen (secondary N) is 3. The van der Waals surface area contributed by atoms with Gasteiger partial charge in [0, 0.05) is 20.1 Å². The van der Waals surface area contributed by atoms with Crippen molar-refractivity contribution in [1.82, 2.24) is 16.0 Å². The van der Waals surface area contributed by atoms with E-state index in [2.05, 4.69) is 22.5 Å². The highest BCUT2D eigenvalue weighted by atomic mass is 15.2. The second kappa shape index (κ2) is 4.01. The Hall–Kier alpha value is -1.16. The zero-order valence-corrected chi connectivity index (χ0v) is 7.35. The molecule has 1 aliphatic rings. The molecule has 1 heterocycles. The summed E-state index contributed by atoms with van der Waals surface area (Å²) in [5.41, 5.74) is 6.51. The molecule has 0 amide bonds. The third-order valence-electron chi connectivity index (χ3n) is 1.89. The smallest absolute Gasteiger partial charge is 0.122 e. The highest BCUT2D eigenvalue weighted by Gasteiger charge is 2.15. The van der Waals surface area contributed by atoms with Crippen LogP contribution in [0, 0.1) is 0 Å². The van der Waals surface area contributed by atoms with Crippen molar-refractivity contribution in [2.75, 3.05) is 20.1 Å². The molecule has 1 rings (SSSR count). The van der Waals surface area contributed by atoms with E-state index >= 15 is 0 Å². The van der Waals surface area contributed by atoms with Crippen LogP contribution < -0.4 is 21.7 Å². The molecule has 0 bridgehead atoms. The number of nitrogens with two attached hydrogens (primary N) is 1. The first-order chi connectivity index (χ1) is 5.81. The standard InChI is InChI=1S/C8H16N4/c1-3-7-8(10-2)11-5-6(4-9)12-7/h3,6,10-12H,1,4-5,9H2,2H3. The lowest BCUT2D eigenvalue weighted by molar-refractivity contribution is 0.497. The van der Waals surface area contributed by atoms with Crippen LogP contribution in [-0.2, 0) is 0 Å². The Bertz CT molecular complexity index is 197. The van der Waals surface area contributed by atoms with E-state index in [0.29, 0.717) is 12.6 Å². The second-order valence-electron chi connectivity index (χ2n) is 2.70. The molecular weight excluding hydrogens is 152 g/mol. The first kappa shape index (κ1) is 8.93. The Kier molecular flexibility index (Phi) is 2.99. The summed E-state index contributed by atoms with van der Waals surface area (Å²) in [7, 11) is 1.87. The summed E-state index contributed by atoms with van der Waals surface area (Å²) in [6.07, 6.45) is 1.78. The van der Waals surface area contributed by atoms with Gasteiger partial charge in [0.05, 0.1) is 11.7 Å². The molecule has 0 aliphatic carbocycles. The molecular formula is C8H16N4. The van der Waals surface area contributed by atoms with E-state index in [1.165, 1.54) is 0 Å². The molecule has 0 radical (unpaired) electrons. The van der Waals surface area contributed by atoms with Gasteiger partial charge in [-0.15, -0.1) is 0 Å². The minimum Gasteiger partial charge on any atom is -0.376 e. The van der Waals surface area contributed by atoms with Crippen LogP contribution in [0.2, 0.25) is 0 Å². The van der Waals surface area contributed by atoms with Crippen molar-refractivity contribution in [2.45, 2.75) is 6.04 Å². The van der Waals surface area contributed by atoms with Crippen LogP contribution in [0.25, 0.3) is 0 Å². The lowest BCUT2D eigenvalue weighted by Gasteiger charge is -2.28. The first-order valence-electron chi connectivity index (χ1n) is 4.06. The Morgan fingerprint density at radius 1 is 1.83 bits per heavy atom. The molecule has 0 spiro atoms. The lowest BCUT2D eigenvalue weighted by atomic mass is 10.2. The molecule has 5 N–H and O–H groups in total. The maximum atomic E-state index is 5.53. The number of allylic oxidation sites excluding steroid dienone is 1. The summed E-state index contributed by atoms with van der Waals surface area (Å²) in [5.74, 6) is 0.981. The predicted octanol–water partition coefficient (Wildman–Crippen LogP) is -0.919. The molecule has 1 aliphatic heterocycles. The third-order valence-corrected chi connectivity index (χ3v) is 1.89. The van der Waals surface area contributed by atoms with E-state index in [0.717, 1.165) is 18.1 Å². The summed E-state index contributed by atoms with van der Waals surface area (Å²) in [4.78, 5) is 0. The molecule has 4 heteroatoms. The first-order valence-corrected chi connectivity index (χ1v) is 4.06. The third kappa shape index (κ3) is 1.71. The highest BCUT2D eigenvalue weighted by molar-refractivity contribution is 5.23. The average molecular weight is 168 g/mol. The Morgan fingerprint density at radius 2 is 2.58 bits per heavy atom. The molecule has 0 aromatic heterocycles. The molecule has 0 saturated heterocycles. The van der Waals surface area contributed by atoms with E-state index in [1.54, 1.807) is 6.08 Å². The van der Waals surface area contributed by atoms with Gasteiger partial charge < -0.3 is 21.7 Å². The normalized spacial score (nSPS) is 22.7. The van der Waals surface area contributed by atoms with Crippen LogP contribution in [0.5, 0.6) is 0 Å². The number of hydrogen-bond acceptors (Lipinski definition) is 4. The fourth-order valence-electron chi connectivity index (χ4n) is 1.19. The molecule has 1 unspecified atom stereocenters. The van der Waals surface area contributed by atoms with Crippen molar-refractivity contribution in [3.8, 4) is 0 Å². The van der Waals surface area contributed by atoms with E-state index < -0.39 is 0 Å². The van der Waals surface area contributed by atoms with Crippen LogP contribution in [-0.4, -0.2) is 26.2 Å². The van der Waals surface area contributed by atoms with Crippen LogP contribution in [0.1, 0.15) is 0 Å². The molecule has 0 aromatic rings. The predicted molar refractivity (Wildman–Crippen MR) is 50.3 cm³/mol. The van der Waals surface area contributed by atoms with Crippen molar-refractivity contribution >= 4 is 0 Å². The van der Waals surface area contributed by atoms with E-state index in [1.807, 2.05) is 7.05 Å². The average Bonchev–Trinajstić information content (AvgIpc) is 2.16. The van der Waals surface area contributed by atoms with E-state index in [-0.39, 0.29) is 0 Å². The van der Waals surface area contributed by atoms with Crippen LogP contribution in [0.15, 0.2) is 24.2 Å². The van der Waals surface area contributed by atoms with Gasteiger partial charge in [0.1, 0.15) is 5.82 Å². The van der Waals surface area contributed by atoms with Crippen molar-refractivity contribution in [1.29, 1.82) is 0 Å². The van der Waals surface area contributed by atoms with Crippen LogP contribution in [0.3, 0.4) is 0 Å². The summed E-state index contributed by atoms with van der Waals surface area (Å²) in [6.45, 7) is 5.19. The molecule has 68 valence electrons. The molecule has 1 atom stereocenters. The molecule has 0 saturated carbocycles. The van der Waals surface area contributed by atoms with Gasteiger partial charge in [0.25, 0.3) is 0 Å². The fourth-order valence-corrected chi connectivity index (χ4v) is 1.19. The summed E-state index contributed by atoms with van der Waals surface area (Å²) >= 11 is 0. The Labute approximate surface area is 72.9 Å². The lowest BCUT2D eigenvalue weighted by Crippen LogP contribution is -2.50. The largest absolute Gasteiger partial charge is 0.376 e. The molecule has 0 fully saturated rings. The van der Waals surface area contributed by atoms with Crippen molar-refractivity contribution in [3.63, 3.8) is 0 Å². The minimum atomic E-state index is 0.301. The zero-order chi connectivity index (χ0) is 8.97. The topological polar surface area (TPSA) is 62.1 Å². The van der Waals surface area contributed by atoms with Crippen LogP contribution >= 0.6 is 0 Å². The minimum absolute atomic E-state index is 0.301. The van der Waals surface area contributed by atoms with E-state index in [4.69, 9.17) is 5.73 Å². The fraction of sp³-hybridized carbons (Fsp3) is 0.500. The number of rotatable bonds is 3. The van der Waals surface area contributed by atoms with Gasteiger partial charge in [-0.1, -0.05) is 6.58 Å². The van der Waals surface area contributed by atoms with Crippen molar-refractivity contribution in [3.05, 3.63) is 24.2 Å². The van der Waals surface area contributed by atoms with E-state index in [9.17, 15) is 0 Å². The van der Waals surface area contributed by atoms with Crippen LogP contribution in [0.4, 0.5) is 0 Å². The summed E-state index contributed by atoms with van der Waals surface area (Å²) in [6, 6.07) is 0.301. The van der Waals surface area contributed by atoms with Gasteiger partial charge in [-0.3, -0.25) is 0 Å². The van der Waals surface area contributed by atoms with Crippen molar-refractivity contribution < 1.29 is 0 Å². The quantitative estimate of drug-likeness (QED) is 0.440. The van der Waals surface area contributed by atoms with Gasteiger partial charge in [-0.05, 0) is 6.08 Å².